The molecule has 0 saturated carbocycles. The van der Waals surface area contributed by atoms with E-state index in [1.165, 1.54) is 31.4 Å². The highest BCUT2D eigenvalue weighted by Gasteiger charge is 1.87. The molecule has 0 aromatic carbocycles. The van der Waals surface area contributed by atoms with E-state index in [0.29, 0.717) is 0 Å². The summed E-state index contributed by atoms with van der Waals surface area (Å²) in [5, 5.41) is 0. The number of rotatable bonds is 0. The Morgan fingerprint density at radius 2 is 1.90 bits per heavy atom. The van der Waals surface area contributed by atoms with Gasteiger partial charge in [0.2, 0.25) is 0 Å². The third-order valence-electron chi connectivity index (χ3n) is 1.40. The van der Waals surface area contributed by atoms with Gasteiger partial charge in [0.05, 0.1) is 0 Å². The lowest BCUT2D eigenvalue weighted by molar-refractivity contribution is 0.929. The molecule has 0 saturated heterocycles. The molecule has 10 heavy (non-hydrogen) atoms. The van der Waals surface area contributed by atoms with Crippen molar-refractivity contribution in [2.24, 2.45) is 4.40 Å². The van der Waals surface area contributed by atoms with Crippen molar-refractivity contribution in [1.29, 1.82) is 0 Å². The normalized spacial score (nSPS) is 20.8. The van der Waals surface area contributed by atoms with Crippen molar-refractivity contribution in [3.05, 3.63) is 12.2 Å². The molecule has 0 aromatic heterocycles. The lowest BCUT2D eigenvalue weighted by atomic mass is 10.4. The molecule has 0 radical (unpaired) electrons. The van der Waals surface area contributed by atoms with Crippen LogP contribution in [0.4, 0.5) is 0 Å². The Kier molecular flexibility index (Phi) is 4.35. The molecule has 0 bridgehead atoms. The van der Waals surface area contributed by atoms with Gasteiger partial charge in [-0.3, -0.25) is 0 Å². The molecule has 2 heteroatoms. The van der Waals surface area contributed by atoms with Gasteiger partial charge < -0.3 is 0 Å². The quantitative estimate of drug-likeness (QED) is 0.387. The standard InChI is InChI=1S/C5H8.C3H5NS/c2*1-2-4-5-3-1/h1-2H,3-5H2;2H,1,3H2. The van der Waals surface area contributed by atoms with E-state index < -0.39 is 0 Å². The van der Waals surface area contributed by atoms with Crippen molar-refractivity contribution >= 4 is 18.2 Å². The summed E-state index contributed by atoms with van der Waals surface area (Å²) < 4.78 is 3.88. The van der Waals surface area contributed by atoms with Gasteiger partial charge in [-0.2, -0.15) is 0 Å². The topological polar surface area (TPSA) is 12.4 Å². The first kappa shape index (κ1) is 7.86. The highest BCUT2D eigenvalue weighted by Crippen LogP contribution is 2.07. The van der Waals surface area contributed by atoms with Crippen LogP contribution >= 0.6 is 11.9 Å². The van der Waals surface area contributed by atoms with E-state index in [1.54, 1.807) is 11.9 Å². The first-order valence-corrected chi connectivity index (χ1v) is 4.73. The molecular formula is C8H13NS. The molecule has 0 N–H and O–H groups in total. The fourth-order valence-corrected chi connectivity index (χ4v) is 1.38. The van der Waals surface area contributed by atoms with Crippen LogP contribution in [0.1, 0.15) is 25.7 Å². The largest absolute Gasteiger partial charge is 0.229 e. The minimum Gasteiger partial charge on any atom is -0.229 e. The van der Waals surface area contributed by atoms with Crippen LogP contribution in [-0.2, 0) is 0 Å². The second kappa shape index (κ2) is 5.54. The Bertz CT molecular complexity index is 101. The monoisotopic (exact) mass is 155 g/mol. The smallest absolute Gasteiger partial charge is 0.0202 e. The molecule has 0 unspecified atom stereocenters. The van der Waals surface area contributed by atoms with Gasteiger partial charge in [0.15, 0.2) is 0 Å². The zero-order valence-corrected chi connectivity index (χ0v) is 6.94. The molecule has 0 atom stereocenters. The Hall–Kier alpha value is -0.240. The van der Waals surface area contributed by atoms with Crippen molar-refractivity contribution < 1.29 is 0 Å². The summed E-state index contributed by atoms with van der Waals surface area (Å²) in [4.78, 5) is 0. The molecule has 1 nitrogen and oxygen atoms in total. The first-order valence-electron chi connectivity index (χ1n) is 3.79. The first-order chi connectivity index (χ1) is 5.00. The van der Waals surface area contributed by atoms with Crippen LogP contribution < -0.4 is 0 Å². The van der Waals surface area contributed by atoms with E-state index in [-0.39, 0.29) is 0 Å². The third kappa shape index (κ3) is 3.72. The van der Waals surface area contributed by atoms with Crippen molar-refractivity contribution in [1.82, 2.24) is 0 Å². The molecule has 1 aliphatic heterocycles. The van der Waals surface area contributed by atoms with Gasteiger partial charge in [-0.05, 0) is 37.6 Å². The minimum absolute atomic E-state index is 1.17. The van der Waals surface area contributed by atoms with E-state index >= 15 is 0 Å². The summed E-state index contributed by atoms with van der Waals surface area (Å²) in [6.45, 7) is 0. The second-order valence-electron chi connectivity index (χ2n) is 2.31. The number of hydrogen-bond acceptors (Lipinski definition) is 2. The summed E-state index contributed by atoms with van der Waals surface area (Å²) >= 11 is 1.64. The Morgan fingerprint density at radius 1 is 1.10 bits per heavy atom. The predicted molar refractivity (Wildman–Crippen MR) is 48.6 cm³/mol. The molecule has 0 fully saturated rings. The van der Waals surface area contributed by atoms with E-state index in [2.05, 4.69) is 16.5 Å². The molecule has 0 amide bonds. The molecule has 2 aliphatic rings. The van der Waals surface area contributed by atoms with Crippen LogP contribution in [0.15, 0.2) is 16.5 Å². The number of hydrogen-bond donors (Lipinski definition) is 0. The van der Waals surface area contributed by atoms with Gasteiger partial charge in [-0.15, -0.1) is 0 Å². The fraction of sp³-hybridized carbons (Fsp3) is 0.625. The van der Waals surface area contributed by atoms with E-state index in [1.807, 2.05) is 6.21 Å². The molecule has 0 spiro atoms. The van der Waals surface area contributed by atoms with Gasteiger partial charge in [0, 0.05) is 12.0 Å². The van der Waals surface area contributed by atoms with Crippen LogP contribution in [0, 0.1) is 0 Å². The lowest BCUT2D eigenvalue weighted by Crippen LogP contribution is -1.62. The molecular weight excluding hydrogens is 142 g/mol. The molecule has 0 aromatic rings. The maximum Gasteiger partial charge on any atom is 0.0202 e. The fourth-order valence-electron chi connectivity index (χ4n) is 0.853. The summed E-state index contributed by atoms with van der Waals surface area (Å²) in [5.41, 5.74) is 0. The third-order valence-corrected chi connectivity index (χ3v) is 2.11. The van der Waals surface area contributed by atoms with Crippen LogP contribution in [0.3, 0.4) is 0 Å². The predicted octanol–water partition coefficient (Wildman–Crippen LogP) is 2.84. The maximum absolute atomic E-state index is 3.88. The van der Waals surface area contributed by atoms with Gasteiger partial charge in [-0.25, -0.2) is 4.40 Å². The minimum atomic E-state index is 1.17. The van der Waals surface area contributed by atoms with Crippen LogP contribution in [-0.4, -0.2) is 12.0 Å². The van der Waals surface area contributed by atoms with E-state index in [0.717, 1.165) is 0 Å². The molecule has 2 rings (SSSR count). The van der Waals surface area contributed by atoms with Crippen molar-refractivity contribution in [2.45, 2.75) is 25.7 Å². The SMILES string of the molecule is C1=CCCC1.C1=NSCC1. The summed E-state index contributed by atoms with van der Waals surface area (Å²) in [6.07, 6.45) is 11.6. The van der Waals surface area contributed by atoms with Crippen LogP contribution in [0.25, 0.3) is 0 Å². The van der Waals surface area contributed by atoms with Crippen LogP contribution in [0.5, 0.6) is 0 Å². The van der Waals surface area contributed by atoms with Gasteiger partial charge in [0.1, 0.15) is 0 Å². The molecule has 56 valence electrons. The second-order valence-corrected chi connectivity index (χ2v) is 3.19. The van der Waals surface area contributed by atoms with Crippen molar-refractivity contribution in [3.63, 3.8) is 0 Å². The lowest BCUT2D eigenvalue weighted by Gasteiger charge is -1.69. The van der Waals surface area contributed by atoms with Gasteiger partial charge >= 0.3 is 0 Å². The van der Waals surface area contributed by atoms with Gasteiger partial charge in [-0.1, -0.05) is 12.2 Å². The van der Waals surface area contributed by atoms with Crippen molar-refractivity contribution in [2.75, 3.05) is 5.75 Å². The highest BCUT2D eigenvalue weighted by molar-refractivity contribution is 7.98. The summed E-state index contributed by atoms with van der Waals surface area (Å²) in [6, 6.07) is 0. The van der Waals surface area contributed by atoms with E-state index in [9.17, 15) is 0 Å². The van der Waals surface area contributed by atoms with Crippen LogP contribution in [0.2, 0.25) is 0 Å². The Morgan fingerprint density at radius 3 is 2.10 bits per heavy atom. The average molecular weight is 155 g/mol. The van der Waals surface area contributed by atoms with E-state index in [4.69, 9.17) is 0 Å². The average Bonchev–Trinajstić information content (AvgIpc) is 2.67. The highest BCUT2D eigenvalue weighted by atomic mass is 32.2. The number of allylic oxidation sites excluding steroid dienone is 2. The van der Waals surface area contributed by atoms with Crippen molar-refractivity contribution in [3.8, 4) is 0 Å². The Balaban J connectivity index is 0.0000001000. The van der Waals surface area contributed by atoms with Gasteiger partial charge in [0.25, 0.3) is 0 Å². The molecule has 1 aliphatic carbocycles. The maximum atomic E-state index is 3.88. The summed E-state index contributed by atoms with van der Waals surface area (Å²) in [7, 11) is 0. The Labute approximate surface area is 66.8 Å². The zero-order valence-electron chi connectivity index (χ0n) is 6.12. The number of nitrogens with zero attached hydrogens (tertiary/aromatic N) is 1. The summed E-state index contributed by atoms with van der Waals surface area (Å²) in [5.74, 6) is 1.19. The zero-order chi connectivity index (χ0) is 7.07. The molecule has 1 heterocycles.